The minimum atomic E-state index is -0.240. The summed E-state index contributed by atoms with van der Waals surface area (Å²) in [6.45, 7) is 1.19. The number of benzene rings is 2. The molecule has 144 valence electrons. The van der Waals surface area contributed by atoms with E-state index in [-0.39, 0.29) is 11.7 Å². The van der Waals surface area contributed by atoms with Crippen LogP contribution in [0.4, 0.5) is 10.1 Å². The number of anilines is 1. The number of nitrogens with zero attached hydrogens (tertiary/aromatic N) is 1. The van der Waals surface area contributed by atoms with Crippen LogP contribution in [0.3, 0.4) is 0 Å². The van der Waals surface area contributed by atoms with Crippen molar-refractivity contribution < 1.29 is 9.18 Å². The molecule has 2 aromatic carbocycles. The molecule has 0 aliphatic heterocycles. The molecule has 1 aromatic heterocycles. The SMILES string of the molecule is O=C(NCCc1ccc(Cl)cc1)c1cncc(NCCc2ccc(F)cc2)c1. The van der Waals surface area contributed by atoms with Crippen LogP contribution in [0.15, 0.2) is 67.0 Å². The summed E-state index contributed by atoms with van der Waals surface area (Å²) in [6.07, 6.45) is 4.70. The van der Waals surface area contributed by atoms with Gasteiger partial charge in [0.1, 0.15) is 5.82 Å². The molecule has 1 heterocycles. The van der Waals surface area contributed by atoms with Crippen molar-refractivity contribution in [3.05, 3.63) is 94.5 Å². The second kappa shape index (κ2) is 9.85. The number of carbonyl (C=O) groups excluding carboxylic acids is 1. The van der Waals surface area contributed by atoms with Gasteiger partial charge in [-0.25, -0.2) is 4.39 Å². The van der Waals surface area contributed by atoms with Crippen LogP contribution >= 0.6 is 11.6 Å². The molecule has 3 aromatic rings. The topological polar surface area (TPSA) is 54.0 Å². The van der Waals surface area contributed by atoms with Crippen LogP contribution in [0.1, 0.15) is 21.5 Å². The van der Waals surface area contributed by atoms with E-state index in [2.05, 4.69) is 15.6 Å². The molecule has 6 heteroatoms. The summed E-state index contributed by atoms with van der Waals surface area (Å²) in [4.78, 5) is 16.5. The molecular weight excluding hydrogens is 377 g/mol. The van der Waals surface area contributed by atoms with Gasteiger partial charge in [-0.2, -0.15) is 0 Å². The Morgan fingerprint density at radius 1 is 0.929 bits per heavy atom. The zero-order chi connectivity index (χ0) is 19.8. The summed E-state index contributed by atoms with van der Waals surface area (Å²) in [6, 6.07) is 15.8. The molecule has 0 bridgehead atoms. The Kier molecular flexibility index (Phi) is 6.98. The van der Waals surface area contributed by atoms with E-state index in [1.54, 1.807) is 30.6 Å². The van der Waals surface area contributed by atoms with Crippen LogP contribution in [0.5, 0.6) is 0 Å². The highest BCUT2D eigenvalue weighted by molar-refractivity contribution is 6.30. The summed E-state index contributed by atoms with van der Waals surface area (Å²) in [5.74, 6) is -0.403. The Morgan fingerprint density at radius 3 is 2.29 bits per heavy atom. The average Bonchev–Trinajstić information content (AvgIpc) is 2.71. The summed E-state index contributed by atoms with van der Waals surface area (Å²) in [7, 11) is 0. The van der Waals surface area contributed by atoms with Crippen molar-refractivity contribution in [1.29, 1.82) is 0 Å². The lowest BCUT2D eigenvalue weighted by Gasteiger charge is -2.09. The zero-order valence-corrected chi connectivity index (χ0v) is 16.0. The fourth-order valence-electron chi connectivity index (χ4n) is 2.74. The Balaban J connectivity index is 1.46. The van der Waals surface area contributed by atoms with Gasteiger partial charge in [0.25, 0.3) is 5.91 Å². The summed E-state index contributed by atoms with van der Waals surface area (Å²) < 4.78 is 12.9. The normalized spacial score (nSPS) is 10.5. The van der Waals surface area contributed by atoms with Gasteiger partial charge in [0.2, 0.25) is 0 Å². The maximum absolute atomic E-state index is 12.9. The number of nitrogens with one attached hydrogen (secondary N) is 2. The van der Waals surface area contributed by atoms with Gasteiger partial charge in [-0.05, 0) is 54.3 Å². The van der Waals surface area contributed by atoms with Crippen LogP contribution in [0.25, 0.3) is 0 Å². The third-order valence-corrected chi connectivity index (χ3v) is 4.52. The van der Waals surface area contributed by atoms with E-state index >= 15 is 0 Å². The van der Waals surface area contributed by atoms with Crippen molar-refractivity contribution in [2.24, 2.45) is 0 Å². The predicted octanol–water partition coefficient (Wildman–Crippen LogP) is 4.50. The molecule has 0 aliphatic rings. The van der Waals surface area contributed by atoms with Gasteiger partial charge in [0.05, 0.1) is 11.3 Å². The second-order valence-corrected chi connectivity index (χ2v) is 6.83. The molecule has 0 unspecified atom stereocenters. The van der Waals surface area contributed by atoms with E-state index < -0.39 is 0 Å². The fourth-order valence-corrected chi connectivity index (χ4v) is 2.86. The highest BCUT2D eigenvalue weighted by Gasteiger charge is 2.07. The van der Waals surface area contributed by atoms with Crippen molar-refractivity contribution in [2.75, 3.05) is 18.4 Å². The first kappa shape index (κ1) is 19.8. The Labute approximate surface area is 168 Å². The minimum absolute atomic E-state index is 0.163. The standard InChI is InChI=1S/C22H21ClFN3O/c23-19-5-1-16(2-6-19)10-12-27-22(28)18-13-21(15-25-14-18)26-11-9-17-3-7-20(24)8-4-17/h1-8,13-15,26H,9-12H2,(H,27,28). The van der Waals surface area contributed by atoms with Crippen molar-refractivity contribution in [3.8, 4) is 0 Å². The lowest BCUT2D eigenvalue weighted by Crippen LogP contribution is -2.25. The molecule has 2 N–H and O–H groups in total. The van der Waals surface area contributed by atoms with Gasteiger partial charge < -0.3 is 10.6 Å². The van der Waals surface area contributed by atoms with Crippen molar-refractivity contribution in [1.82, 2.24) is 10.3 Å². The molecule has 1 amide bonds. The van der Waals surface area contributed by atoms with Crippen LogP contribution in [0, 0.1) is 5.82 Å². The van der Waals surface area contributed by atoms with Gasteiger partial charge in [0, 0.05) is 30.5 Å². The lowest BCUT2D eigenvalue weighted by atomic mass is 10.1. The third kappa shape index (κ3) is 6.06. The molecule has 0 aliphatic carbocycles. The number of amides is 1. The largest absolute Gasteiger partial charge is 0.383 e. The first-order valence-electron chi connectivity index (χ1n) is 9.06. The number of hydrogen-bond donors (Lipinski definition) is 2. The van der Waals surface area contributed by atoms with Crippen LogP contribution < -0.4 is 10.6 Å². The molecule has 0 saturated heterocycles. The smallest absolute Gasteiger partial charge is 0.252 e. The quantitative estimate of drug-likeness (QED) is 0.588. The second-order valence-electron chi connectivity index (χ2n) is 6.40. The van der Waals surface area contributed by atoms with Gasteiger partial charge in [-0.1, -0.05) is 35.9 Å². The molecule has 0 radical (unpaired) electrons. The van der Waals surface area contributed by atoms with Gasteiger partial charge in [-0.3, -0.25) is 9.78 Å². The fraction of sp³-hybridized carbons (Fsp3) is 0.182. The van der Waals surface area contributed by atoms with Crippen molar-refractivity contribution in [3.63, 3.8) is 0 Å². The zero-order valence-electron chi connectivity index (χ0n) is 15.3. The van der Waals surface area contributed by atoms with E-state index in [4.69, 9.17) is 11.6 Å². The molecule has 4 nitrogen and oxygen atoms in total. The Bertz CT molecular complexity index is 914. The van der Waals surface area contributed by atoms with Crippen molar-refractivity contribution >= 4 is 23.2 Å². The van der Waals surface area contributed by atoms with Crippen LogP contribution in [-0.2, 0) is 12.8 Å². The highest BCUT2D eigenvalue weighted by Crippen LogP contribution is 2.11. The molecule has 0 fully saturated rings. The number of pyridine rings is 1. The van der Waals surface area contributed by atoms with Crippen LogP contribution in [-0.4, -0.2) is 24.0 Å². The summed E-state index contributed by atoms with van der Waals surface area (Å²) in [5.41, 5.74) is 3.42. The van der Waals surface area contributed by atoms with E-state index in [1.165, 1.54) is 12.1 Å². The number of carbonyl (C=O) groups is 1. The number of halogens is 2. The maximum atomic E-state index is 12.9. The number of rotatable bonds is 8. The average molecular weight is 398 g/mol. The highest BCUT2D eigenvalue weighted by atomic mass is 35.5. The monoisotopic (exact) mass is 397 g/mol. The molecule has 28 heavy (non-hydrogen) atoms. The Hall–Kier alpha value is -2.92. The summed E-state index contributed by atoms with van der Waals surface area (Å²) >= 11 is 5.87. The van der Waals surface area contributed by atoms with E-state index in [1.807, 2.05) is 24.3 Å². The van der Waals surface area contributed by atoms with Gasteiger partial charge in [0.15, 0.2) is 0 Å². The number of hydrogen-bond acceptors (Lipinski definition) is 3. The molecule has 0 spiro atoms. The predicted molar refractivity (Wildman–Crippen MR) is 110 cm³/mol. The molecular formula is C22H21ClFN3O. The van der Waals surface area contributed by atoms with Gasteiger partial charge >= 0.3 is 0 Å². The van der Waals surface area contributed by atoms with Crippen molar-refractivity contribution in [2.45, 2.75) is 12.8 Å². The maximum Gasteiger partial charge on any atom is 0.252 e. The Morgan fingerprint density at radius 2 is 1.57 bits per heavy atom. The molecule has 3 rings (SSSR count). The van der Waals surface area contributed by atoms with E-state index in [0.29, 0.717) is 23.7 Å². The first-order valence-corrected chi connectivity index (χ1v) is 9.44. The summed E-state index contributed by atoms with van der Waals surface area (Å²) in [5, 5.41) is 6.84. The first-order chi connectivity index (χ1) is 13.6. The molecule has 0 atom stereocenters. The van der Waals surface area contributed by atoms with E-state index in [0.717, 1.165) is 29.7 Å². The van der Waals surface area contributed by atoms with E-state index in [9.17, 15) is 9.18 Å². The minimum Gasteiger partial charge on any atom is -0.383 e. The van der Waals surface area contributed by atoms with Gasteiger partial charge in [-0.15, -0.1) is 0 Å². The number of aromatic nitrogens is 1. The third-order valence-electron chi connectivity index (χ3n) is 4.27. The van der Waals surface area contributed by atoms with Crippen LogP contribution in [0.2, 0.25) is 5.02 Å². The lowest BCUT2D eigenvalue weighted by molar-refractivity contribution is 0.0954. The molecule has 0 saturated carbocycles.